The van der Waals surface area contributed by atoms with E-state index >= 15 is 0 Å². The zero-order valence-electron chi connectivity index (χ0n) is 9.83. The molecule has 88 valence electrons. The zero-order valence-corrected chi connectivity index (χ0v) is 9.83. The molecule has 0 atom stereocenters. The molecule has 1 fully saturated rings. The SMILES string of the molecule is COc1cc(N)cc(NCCCC2CC2)c1. The molecule has 0 spiro atoms. The smallest absolute Gasteiger partial charge is 0.122 e. The van der Waals surface area contributed by atoms with Gasteiger partial charge in [0.25, 0.3) is 0 Å². The third kappa shape index (κ3) is 3.33. The van der Waals surface area contributed by atoms with Crippen molar-refractivity contribution < 1.29 is 4.74 Å². The molecule has 0 heterocycles. The lowest BCUT2D eigenvalue weighted by molar-refractivity contribution is 0.415. The van der Waals surface area contributed by atoms with E-state index in [1.165, 1.54) is 25.7 Å². The molecule has 3 heteroatoms. The van der Waals surface area contributed by atoms with Crippen LogP contribution in [0.5, 0.6) is 5.75 Å². The maximum Gasteiger partial charge on any atom is 0.122 e. The molecule has 0 aliphatic heterocycles. The second-order valence-corrected chi connectivity index (χ2v) is 4.51. The maximum atomic E-state index is 5.78. The molecular weight excluding hydrogens is 200 g/mol. The largest absolute Gasteiger partial charge is 0.497 e. The van der Waals surface area contributed by atoms with Crippen molar-refractivity contribution in [3.05, 3.63) is 18.2 Å². The Balaban J connectivity index is 1.80. The van der Waals surface area contributed by atoms with Crippen LogP contribution in [0, 0.1) is 5.92 Å². The van der Waals surface area contributed by atoms with E-state index in [0.29, 0.717) is 0 Å². The quantitative estimate of drug-likeness (QED) is 0.572. The number of anilines is 2. The van der Waals surface area contributed by atoms with E-state index in [0.717, 1.165) is 29.6 Å². The first kappa shape index (κ1) is 11.1. The van der Waals surface area contributed by atoms with Gasteiger partial charge < -0.3 is 15.8 Å². The van der Waals surface area contributed by atoms with Crippen LogP contribution in [0.25, 0.3) is 0 Å². The molecule has 1 aliphatic rings. The molecule has 16 heavy (non-hydrogen) atoms. The normalized spacial score (nSPS) is 14.8. The van der Waals surface area contributed by atoms with Crippen molar-refractivity contribution in [1.82, 2.24) is 0 Å². The minimum absolute atomic E-state index is 0.740. The van der Waals surface area contributed by atoms with Crippen LogP contribution in [0.1, 0.15) is 25.7 Å². The van der Waals surface area contributed by atoms with Gasteiger partial charge in [-0.25, -0.2) is 0 Å². The summed E-state index contributed by atoms with van der Waals surface area (Å²) in [6, 6.07) is 5.75. The Kier molecular flexibility index (Phi) is 3.54. The molecule has 1 aliphatic carbocycles. The monoisotopic (exact) mass is 220 g/mol. The fraction of sp³-hybridized carbons (Fsp3) is 0.538. The molecular formula is C13H20N2O. The summed E-state index contributed by atoms with van der Waals surface area (Å²) >= 11 is 0. The van der Waals surface area contributed by atoms with Crippen molar-refractivity contribution in [2.75, 3.05) is 24.7 Å². The summed E-state index contributed by atoms with van der Waals surface area (Å²) in [5, 5.41) is 3.38. The van der Waals surface area contributed by atoms with Gasteiger partial charge >= 0.3 is 0 Å². The first-order valence-corrected chi connectivity index (χ1v) is 5.96. The predicted octanol–water partition coefficient (Wildman–Crippen LogP) is 2.88. The third-order valence-electron chi connectivity index (χ3n) is 2.98. The number of nitrogen functional groups attached to an aromatic ring is 1. The second kappa shape index (κ2) is 5.10. The Bertz CT molecular complexity index is 348. The number of rotatable bonds is 6. The van der Waals surface area contributed by atoms with Crippen molar-refractivity contribution in [1.29, 1.82) is 0 Å². The molecule has 3 N–H and O–H groups in total. The van der Waals surface area contributed by atoms with E-state index in [2.05, 4.69) is 5.32 Å². The van der Waals surface area contributed by atoms with Gasteiger partial charge in [0.15, 0.2) is 0 Å². The van der Waals surface area contributed by atoms with Crippen LogP contribution in [-0.4, -0.2) is 13.7 Å². The number of nitrogens with one attached hydrogen (secondary N) is 1. The zero-order chi connectivity index (χ0) is 11.4. The second-order valence-electron chi connectivity index (χ2n) is 4.51. The van der Waals surface area contributed by atoms with Gasteiger partial charge in [0, 0.05) is 30.1 Å². The van der Waals surface area contributed by atoms with Gasteiger partial charge in [-0.1, -0.05) is 12.8 Å². The predicted molar refractivity (Wildman–Crippen MR) is 67.9 cm³/mol. The van der Waals surface area contributed by atoms with Crippen LogP contribution in [0.2, 0.25) is 0 Å². The van der Waals surface area contributed by atoms with Gasteiger partial charge in [-0.3, -0.25) is 0 Å². The van der Waals surface area contributed by atoms with Crippen molar-refractivity contribution in [3.8, 4) is 5.75 Å². The first-order chi connectivity index (χ1) is 7.78. The Morgan fingerprint density at radius 3 is 2.88 bits per heavy atom. The Hall–Kier alpha value is -1.38. The highest BCUT2D eigenvalue weighted by atomic mass is 16.5. The standard InChI is InChI=1S/C13H20N2O/c1-16-13-8-11(14)7-12(9-13)15-6-2-3-10-4-5-10/h7-10,15H,2-6,14H2,1H3. The molecule has 0 bridgehead atoms. The molecule has 2 rings (SSSR count). The summed E-state index contributed by atoms with van der Waals surface area (Å²) in [4.78, 5) is 0. The molecule has 0 aromatic heterocycles. The van der Waals surface area contributed by atoms with Gasteiger partial charge in [0.2, 0.25) is 0 Å². The van der Waals surface area contributed by atoms with Gasteiger partial charge in [-0.05, 0) is 24.8 Å². The van der Waals surface area contributed by atoms with Crippen LogP contribution in [0.4, 0.5) is 11.4 Å². The number of benzene rings is 1. The average Bonchev–Trinajstić information content (AvgIpc) is 3.07. The van der Waals surface area contributed by atoms with E-state index < -0.39 is 0 Å². The average molecular weight is 220 g/mol. The van der Waals surface area contributed by atoms with Gasteiger partial charge in [-0.15, -0.1) is 0 Å². The summed E-state index contributed by atoms with van der Waals surface area (Å²) in [5.41, 5.74) is 7.57. The molecule has 1 aromatic rings. The highest BCUT2D eigenvalue weighted by Gasteiger charge is 2.19. The molecule has 1 saturated carbocycles. The fourth-order valence-electron chi connectivity index (χ4n) is 1.87. The Morgan fingerprint density at radius 2 is 2.19 bits per heavy atom. The van der Waals surface area contributed by atoms with Crippen LogP contribution < -0.4 is 15.8 Å². The molecule has 1 aromatic carbocycles. The van der Waals surface area contributed by atoms with Crippen molar-refractivity contribution in [2.24, 2.45) is 5.92 Å². The Labute approximate surface area is 97.0 Å². The Morgan fingerprint density at radius 1 is 1.38 bits per heavy atom. The van der Waals surface area contributed by atoms with Gasteiger partial charge in [-0.2, -0.15) is 0 Å². The lowest BCUT2D eigenvalue weighted by atomic mass is 10.2. The number of hydrogen-bond acceptors (Lipinski definition) is 3. The summed E-state index contributed by atoms with van der Waals surface area (Å²) < 4.78 is 5.17. The van der Waals surface area contributed by atoms with Crippen LogP contribution in [0.15, 0.2) is 18.2 Å². The molecule has 0 unspecified atom stereocenters. The minimum atomic E-state index is 0.740. The number of nitrogens with two attached hydrogens (primary N) is 1. The fourth-order valence-corrected chi connectivity index (χ4v) is 1.87. The third-order valence-corrected chi connectivity index (χ3v) is 2.98. The minimum Gasteiger partial charge on any atom is -0.497 e. The van der Waals surface area contributed by atoms with Gasteiger partial charge in [0.05, 0.1) is 7.11 Å². The van der Waals surface area contributed by atoms with Crippen LogP contribution in [0.3, 0.4) is 0 Å². The van der Waals surface area contributed by atoms with E-state index in [-0.39, 0.29) is 0 Å². The number of hydrogen-bond donors (Lipinski definition) is 2. The van der Waals surface area contributed by atoms with E-state index in [4.69, 9.17) is 10.5 Å². The van der Waals surface area contributed by atoms with Crippen LogP contribution >= 0.6 is 0 Å². The number of methoxy groups -OCH3 is 1. The molecule has 3 nitrogen and oxygen atoms in total. The van der Waals surface area contributed by atoms with E-state index in [1.807, 2.05) is 18.2 Å². The van der Waals surface area contributed by atoms with Gasteiger partial charge in [0.1, 0.15) is 5.75 Å². The molecule has 0 saturated heterocycles. The lowest BCUT2D eigenvalue weighted by Gasteiger charge is -2.09. The topological polar surface area (TPSA) is 47.3 Å². The van der Waals surface area contributed by atoms with Crippen molar-refractivity contribution >= 4 is 11.4 Å². The highest BCUT2D eigenvalue weighted by molar-refractivity contribution is 5.59. The molecule has 0 radical (unpaired) electrons. The summed E-state index contributed by atoms with van der Waals surface area (Å²) in [6.45, 7) is 1.02. The summed E-state index contributed by atoms with van der Waals surface area (Å²) in [7, 11) is 1.66. The first-order valence-electron chi connectivity index (χ1n) is 5.96. The summed E-state index contributed by atoms with van der Waals surface area (Å²) in [6.07, 6.45) is 5.46. The highest BCUT2D eigenvalue weighted by Crippen LogP contribution is 2.33. The van der Waals surface area contributed by atoms with Crippen LogP contribution in [-0.2, 0) is 0 Å². The van der Waals surface area contributed by atoms with Crippen molar-refractivity contribution in [3.63, 3.8) is 0 Å². The number of ether oxygens (including phenoxy) is 1. The molecule has 0 amide bonds. The van der Waals surface area contributed by atoms with Crippen molar-refractivity contribution in [2.45, 2.75) is 25.7 Å². The van der Waals surface area contributed by atoms with E-state index in [1.54, 1.807) is 7.11 Å². The maximum absolute atomic E-state index is 5.78. The summed E-state index contributed by atoms with van der Waals surface area (Å²) in [5.74, 6) is 1.82. The lowest BCUT2D eigenvalue weighted by Crippen LogP contribution is -2.02. The van der Waals surface area contributed by atoms with E-state index in [9.17, 15) is 0 Å².